The lowest BCUT2D eigenvalue weighted by Gasteiger charge is -2.19. The van der Waals surface area contributed by atoms with Crippen LogP contribution in [0.25, 0.3) is 0 Å². The van der Waals surface area contributed by atoms with Crippen molar-refractivity contribution in [1.29, 1.82) is 0 Å². The van der Waals surface area contributed by atoms with E-state index in [9.17, 15) is 13.2 Å². The van der Waals surface area contributed by atoms with Crippen LogP contribution in [0, 0.1) is 6.92 Å². The molecule has 0 unspecified atom stereocenters. The molecule has 0 saturated carbocycles. The molecule has 0 aliphatic heterocycles. The van der Waals surface area contributed by atoms with Gasteiger partial charge in [-0.2, -0.15) is 5.10 Å². The summed E-state index contributed by atoms with van der Waals surface area (Å²) in [5, 5.41) is 6.24. The SMILES string of the molecule is CCOCCN(CC)C(=O)c1n[nH]c(C)c1S(=O)(=O)Cl. The van der Waals surface area contributed by atoms with Crippen LogP contribution in [0.3, 0.4) is 0 Å². The van der Waals surface area contributed by atoms with Crippen LogP contribution in [0.2, 0.25) is 0 Å². The van der Waals surface area contributed by atoms with Crippen LogP contribution in [0.5, 0.6) is 0 Å². The molecule has 114 valence electrons. The number of carbonyl (C=O) groups excluding carboxylic acids is 1. The number of H-pyrrole nitrogens is 1. The minimum Gasteiger partial charge on any atom is -0.380 e. The zero-order valence-corrected chi connectivity index (χ0v) is 13.2. The highest BCUT2D eigenvalue weighted by atomic mass is 35.7. The number of likely N-dealkylation sites (N-methyl/N-ethyl adjacent to an activating group) is 1. The summed E-state index contributed by atoms with van der Waals surface area (Å²) in [6.07, 6.45) is 0. The predicted octanol–water partition coefficient (Wildman–Crippen LogP) is 1.14. The Bertz CT molecular complexity index is 570. The van der Waals surface area contributed by atoms with Crippen molar-refractivity contribution in [3.8, 4) is 0 Å². The second-order valence-electron chi connectivity index (χ2n) is 4.05. The van der Waals surface area contributed by atoms with Gasteiger partial charge < -0.3 is 9.64 Å². The summed E-state index contributed by atoms with van der Waals surface area (Å²) in [5.74, 6) is -0.490. The van der Waals surface area contributed by atoms with Crippen LogP contribution in [0.4, 0.5) is 0 Å². The average Bonchev–Trinajstić information content (AvgIpc) is 2.76. The zero-order chi connectivity index (χ0) is 15.3. The fourth-order valence-corrected chi connectivity index (χ4v) is 3.08. The van der Waals surface area contributed by atoms with Crippen LogP contribution in [0.1, 0.15) is 30.0 Å². The number of carbonyl (C=O) groups is 1. The lowest BCUT2D eigenvalue weighted by atomic mass is 10.3. The molecule has 0 atom stereocenters. The molecular weight excluding hydrogens is 306 g/mol. The standard InChI is InChI=1S/C11H18ClN3O4S/c1-4-15(6-7-19-5-2)11(16)9-10(20(12,17)18)8(3)13-14-9/h4-7H2,1-3H3,(H,13,14). The topological polar surface area (TPSA) is 92.4 Å². The molecule has 1 rings (SSSR count). The highest BCUT2D eigenvalue weighted by Crippen LogP contribution is 2.22. The molecule has 0 saturated heterocycles. The molecule has 1 amide bonds. The van der Waals surface area contributed by atoms with Crippen LogP contribution in [-0.4, -0.2) is 55.7 Å². The zero-order valence-electron chi connectivity index (χ0n) is 11.6. The monoisotopic (exact) mass is 323 g/mol. The van der Waals surface area contributed by atoms with Gasteiger partial charge in [-0.1, -0.05) is 0 Å². The van der Waals surface area contributed by atoms with E-state index in [1.807, 2.05) is 6.92 Å². The van der Waals surface area contributed by atoms with Crippen molar-refractivity contribution in [3.05, 3.63) is 11.4 Å². The maximum absolute atomic E-state index is 12.3. The molecule has 1 N–H and O–H groups in total. The first-order valence-electron chi connectivity index (χ1n) is 6.19. The second-order valence-corrected chi connectivity index (χ2v) is 6.55. The van der Waals surface area contributed by atoms with E-state index in [0.717, 1.165) is 0 Å². The van der Waals surface area contributed by atoms with E-state index in [-0.39, 0.29) is 16.3 Å². The number of nitrogens with zero attached hydrogens (tertiary/aromatic N) is 2. The van der Waals surface area contributed by atoms with Crippen LogP contribution in [-0.2, 0) is 13.8 Å². The van der Waals surface area contributed by atoms with Crippen LogP contribution >= 0.6 is 10.7 Å². The number of rotatable bonds is 7. The van der Waals surface area contributed by atoms with Gasteiger partial charge in [0, 0.05) is 30.4 Å². The van der Waals surface area contributed by atoms with E-state index in [2.05, 4.69) is 10.2 Å². The Kier molecular flexibility index (Phi) is 5.97. The first-order chi connectivity index (χ1) is 9.32. The van der Waals surface area contributed by atoms with Gasteiger partial charge in [0.1, 0.15) is 4.90 Å². The average molecular weight is 324 g/mol. The third-order valence-electron chi connectivity index (χ3n) is 2.72. The van der Waals surface area contributed by atoms with Crippen LogP contribution in [0.15, 0.2) is 4.90 Å². The number of aromatic nitrogens is 2. The van der Waals surface area contributed by atoms with Gasteiger partial charge in [0.25, 0.3) is 15.0 Å². The maximum atomic E-state index is 12.3. The van der Waals surface area contributed by atoms with Gasteiger partial charge in [0.05, 0.1) is 12.3 Å². The smallest absolute Gasteiger partial charge is 0.275 e. The summed E-state index contributed by atoms with van der Waals surface area (Å²) in [6, 6.07) is 0. The molecule has 0 aromatic carbocycles. The highest BCUT2D eigenvalue weighted by Gasteiger charge is 2.29. The number of nitrogens with one attached hydrogen (secondary N) is 1. The molecule has 0 aliphatic carbocycles. The van der Waals surface area contributed by atoms with Gasteiger partial charge in [-0.05, 0) is 20.8 Å². The van der Waals surface area contributed by atoms with E-state index in [1.165, 1.54) is 11.8 Å². The second kappa shape index (κ2) is 7.05. The van der Waals surface area contributed by atoms with Gasteiger partial charge in [-0.3, -0.25) is 9.89 Å². The third-order valence-corrected chi connectivity index (χ3v) is 4.17. The number of aryl methyl sites for hydroxylation is 1. The fraction of sp³-hybridized carbons (Fsp3) is 0.636. The summed E-state index contributed by atoms with van der Waals surface area (Å²) in [6.45, 7) is 6.84. The summed E-state index contributed by atoms with van der Waals surface area (Å²) >= 11 is 0. The molecule has 7 nitrogen and oxygen atoms in total. The van der Waals surface area contributed by atoms with Crippen LogP contribution < -0.4 is 0 Å². The van der Waals surface area contributed by atoms with Gasteiger partial charge in [-0.25, -0.2) is 8.42 Å². The summed E-state index contributed by atoms with van der Waals surface area (Å²) in [7, 11) is 1.31. The first kappa shape index (κ1) is 16.9. The molecule has 0 aliphatic rings. The minimum atomic E-state index is -4.03. The lowest BCUT2D eigenvalue weighted by Crippen LogP contribution is -2.34. The Morgan fingerprint density at radius 1 is 1.45 bits per heavy atom. The normalized spacial score (nSPS) is 11.6. The van der Waals surface area contributed by atoms with E-state index in [0.29, 0.717) is 26.3 Å². The van der Waals surface area contributed by atoms with E-state index >= 15 is 0 Å². The quantitative estimate of drug-likeness (QED) is 0.600. The Morgan fingerprint density at radius 3 is 2.60 bits per heavy atom. The number of aromatic amines is 1. The molecule has 1 aromatic rings. The molecule has 0 spiro atoms. The fourth-order valence-electron chi connectivity index (χ4n) is 1.73. The first-order valence-corrected chi connectivity index (χ1v) is 8.50. The molecule has 1 heterocycles. The van der Waals surface area contributed by atoms with Crippen molar-refractivity contribution in [2.75, 3.05) is 26.3 Å². The molecule has 0 radical (unpaired) electrons. The largest absolute Gasteiger partial charge is 0.380 e. The number of ether oxygens (including phenoxy) is 1. The number of halogens is 1. The van der Waals surface area contributed by atoms with E-state index in [1.54, 1.807) is 6.92 Å². The molecule has 9 heteroatoms. The van der Waals surface area contributed by atoms with Gasteiger partial charge in [0.2, 0.25) is 0 Å². The maximum Gasteiger partial charge on any atom is 0.275 e. The Hall–Kier alpha value is -1.12. The lowest BCUT2D eigenvalue weighted by molar-refractivity contribution is 0.0660. The Balaban J connectivity index is 3.02. The molecule has 20 heavy (non-hydrogen) atoms. The van der Waals surface area contributed by atoms with Gasteiger partial charge >= 0.3 is 0 Å². The van der Waals surface area contributed by atoms with Gasteiger partial charge in [-0.15, -0.1) is 0 Å². The summed E-state index contributed by atoms with van der Waals surface area (Å²) < 4.78 is 28.2. The Labute approximate surface area is 122 Å². The molecular formula is C11H18ClN3O4S. The van der Waals surface area contributed by atoms with Crippen molar-refractivity contribution in [1.82, 2.24) is 15.1 Å². The molecule has 0 fully saturated rings. The number of amides is 1. The minimum absolute atomic E-state index is 0.184. The Morgan fingerprint density at radius 2 is 2.10 bits per heavy atom. The molecule has 1 aromatic heterocycles. The van der Waals surface area contributed by atoms with E-state index in [4.69, 9.17) is 15.4 Å². The third kappa shape index (κ3) is 3.94. The van der Waals surface area contributed by atoms with Crippen molar-refractivity contribution >= 4 is 25.6 Å². The summed E-state index contributed by atoms with van der Waals surface area (Å²) in [4.78, 5) is 13.5. The molecule has 0 bridgehead atoms. The van der Waals surface area contributed by atoms with Crippen molar-refractivity contribution in [2.24, 2.45) is 0 Å². The highest BCUT2D eigenvalue weighted by molar-refractivity contribution is 8.13. The predicted molar refractivity (Wildman–Crippen MR) is 74.4 cm³/mol. The van der Waals surface area contributed by atoms with Crippen molar-refractivity contribution in [2.45, 2.75) is 25.7 Å². The number of hydrogen-bond acceptors (Lipinski definition) is 5. The summed E-state index contributed by atoms with van der Waals surface area (Å²) in [5.41, 5.74) is 0.0556. The van der Waals surface area contributed by atoms with Crippen molar-refractivity contribution < 1.29 is 17.9 Å². The van der Waals surface area contributed by atoms with E-state index < -0.39 is 15.0 Å². The van der Waals surface area contributed by atoms with Gasteiger partial charge in [0.15, 0.2) is 5.69 Å². The van der Waals surface area contributed by atoms with Crippen molar-refractivity contribution in [3.63, 3.8) is 0 Å². The number of hydrogen-bond donors (Lipinski definition) is 1.